The number of hydrogen-bond donors (Lipinski definition) is 1. The Kier molecular flexibility index (Phi) is 3.05. The summed E-state index contributed by atoms with van der Waals surface area (Å²) in [5, 5.41) is 3.82. The fraction of sp³-hybridized carbons (Fsp3) is 0.200. The maximum Gasteiger partial charge on any atom is 0.323 e. The highest BCUT2D eigenvalue weighted by molar-refractivity contribution is 7.87. The second-order valence-corrected chi connectivity index (χ2v) is 5.80. The molecule has 0 aliphatic carbocycles. The highest BCUT2D eigenvalue weighted by Gasteiger charge is 2.22. The van der Waals surface area contributed by atoms with Gasteiger partial charge in [0, 0.05) is 38.1 Å². The maximum absolute atomic E-state index is 12.1. The summed E-state index contributed by atoms with van der Waals surface area (Å²) in [5.41, 5.74) is 6.67. The Labute approximate surface area is 105 Å². The Bertz CT molecular complexity index is 648. The molecule has 8 heteroatoms. The van der Waals surface area contributed by atoms with Crippen molar-refractivity contribution in [2.24, 2.45) is 0 Å². The van der Waals surface area contributed by atoms with E-state index in [1.165, 1.54) is 20.2 Å². The molecule has 2 heterocycles. The van der Waals surface area contributed by atoms with Gasteiger partial charge in [-0.3, -0.25) is 4.98 Å². The Balaban J connectivity index is 2.65. The topological polar surface area (TPSA) is 94.1 Å². The second kappa shape index (κ2) is 4.39. The van der Waals surface area contributed by atoms with E-state index in [2.05, 4.69) is 10.1 Å². The van der Waals surface area contributed by atoms with Crippen molar-refractivity contribution < 1.29 is 8.42 Å². The molecule has 0 atom stereocenters. The zero-order valence-corrected chi connectivity index (χ0v) is 10.8. The van der Waals surface area contributed by atoms with Crippen molar-refractivity contribution in [1.82, 2.24) is 18.5 Å². The molecule has 0 fully saturated rings. The van der Waals surface area contributed by atoms with Crippen LogP contribution < -0.4 is 5.73 Å². The van der Waals surface area contributed by atoms with Crippen LogP contribution in [0.2, 0.25) is 0 Å². The van der Waals surface area contributed by atoms with Crippen LogP contribution >= 0.6 is 0 Å². The Hall–Kier alpha value is -1.93. The molecule has 0 radical (unpaired) electrons. The number of nitrogens with two attached hydrogens (primary N) is 1. The van der Waals surface area contributed by atoms with E-state index >= 15 is 0 Å². The SMILES string of the molecule is CN(C)S(=O)(=O)n1nc(N)cc1-c1ccncc1. The second-order valence-electron chi connectivity index (χ2n) is 3.82. The molecule has 0 unspecified atom stereocenters. The van der Waals surface area contributed by atoms with Crippen LogP contribution in [0.5, 0.6) is 0 Å². The first-order valence-corrected chi connectivity index (χ1v) is 6.51. The lowest BCUT2D eigenvalue weighted by Gasteiger charge is -2.13. The first-order chi connectivity index (χ1) is 8.43. The molecule has 2 rings (SSSR count). The van der Waals surface area contributed by atoms with Crippen LogP contribution in [0.4, 0.5) is 5.82 Å². The van der Waals surface area contributed by atoms with Crippen molar-refractivity contribution in [3.8, 4) is 11.3 Å². The molecular weight excluding hydrogens is 254 g/mol. The maximum atomic E-state index is 12.1. The molecule has 18 heavy (non-hydrogen) atoms. The Morgan fingerprint density at radius 1 is 1.28 bits per heavy atom. The van der Waals surface area contributed by atoms with E-state index in [9.17, 15) is 8.42 Å². The lowest BCUT2D eigenvalue weighted by atomic mass is 10.2. The minimum absolute atomic E-state index is 0.146. The normalized spacial score (nSPS) is 11.9. The van der Waals surface area contributed by atoms with E-state index in [0.717, 1.165) is 8.39 Å². The molecule has 0 aliphatic heterocycles. The highest BCUT2D eigenvalue weighted by Crippen LogP contribution is 2.22. The van der Waals surface area contributed by atoms with E-state index in [0.29, 0.717) is 11.3 Å². The molecule has 2 aromatic heterocycles. The Morgan fingerprint density at radius 2 is 1.89 bits per heavy atom. The molecule has 0 aliphatic rings. The van der Waals surface area contributed by atoms with Gasteiger partial charge in [-0.1, -0.05) is 0 Å². The monoisotopic (exact) mass is 267 g/mol. The third-order valence-electron chi connectivity index (χ3n) is 2.35. The third-order valence-corrected chi connectivity index (χ3v) is 3.99. The van der Waals surface area contributed by atoms with Gasteiger partial charge < -0.3 is 5.73 Å². The highest BCUT2D eigenvalue weighted by atomic mass is 32.2. The van der Waals surface area contributed by atoms with Crippen LogP contribution in [-0.2, 0) is 10.2 Å². The molecule has 2 aromatic rings. The van der Waals surface area contributed by atoms with Gasteiger partial charge in [0.2, 0.25) is 0 Å². The van der Waals surface area contributed by atoms with E-state index < -0.39 is 10.2 Å². The average Bonchev–Trinajstić information content (AvgIpc) is 2.73. The van der Waals surface area contributed by atoms with Gasteiger partial charge in [0.15, 0.2) is 0 Å². The predicted molar refractivity (Wildman–Crippen MR) is 67.9 cm³/mol. The minimum Gasteiger partial charge on any atom is -0.382 e. The van der Waals surface area contributed by atoms with E-state index in [4.69, 9.17) is 5.73 Å². The summed E-state index contributed by atoms with van der Waals surface area (Å²) < 4.78 is 26.2. The van der Waals surface area contributed by atoms with Crippen molar-refractivity contribution in [3.63, 3.8) is 0 Å². The molecule has 0 saturated heterocycles. The van der Waals surface area contributed by atoms with Crippen molar-refractivity contribution in [2.75, 3.05) is 19.8 Å². The smallest absolute Gasteiger partial charge is 0.323 e. The summed E-state index contributed by atoms with van der Waals surface area (Å²) in [5.74, 6) is 0.146. The number of hydrogen-bond acceptors (Lipinski definition) is 5. The van der Waals surface area contributed by atoms with Gasteiger partial charge in [-0.15, -0.1) is 9.19 Å². The number of aromatic nitrogens is 3. The van der Waals surface area contributed by atoms with Crippen LogP contribution in [0.15, 0.2) is 30.6 Å². The van der Waals surface area contributed by atoms with Gasteiger partial charge in [-0.05, 0) is 12.1 Å². The fourth-order valence-electron chi connectivity index (χ4n) is 1.43. The number of pyridine rings is 1. The Morgan fingerprint density at radius 3 is 2.44 bits per heavy atom. The van der Waals surface area contributed by atoms with Gasteiger partial charge in [-0.25, -0.2) is 0 Å². The lowest BCUT2D eigenvalue weighted by Crippen LogP contribution is -2.30. The van der Waals surface area contributed by atoms with E-state index in [1.807, 2.05) is 0 Å². The lowest BCUT2D eigenvalue weighted by molar-refractivity contribution is 0.505. The van der Waals surface area contributed by atoms with Crippen molar-refractivity contribution >= 4 is 16.0 Å². The molecule has 2 N–H and O–H groups in total. The quantitative estimate of drug-likeness (QED) is 0.856. The molecule has 96 valence electrons. The number of anilines is 1. The van der Waals surface area contributed by atoms with Gasteiger partial charge in [0.1, 0.15) is 5.82 Å². The fourth-order valence-corrected chi connectivity index (χ4v) is 2.34. The van der Waals surface area contributed by atoms with Crippen molar-refractivity contribution in [1.29, 1.82) is 0 Å². The first-order valence-electron chi connectivity index (χ1n) is 5.12. The summed E-state index contributed by atoms with van der Waals surface area (Å²) >= 11 is 0. The summed E-state index contributed by atoms with van der Waals surface area (Å²) in [6.45, 7) is 0. The zero-order chi connectivity index (χ0) is 13.3. The standard InChI is InChI=1S/C10H13N5O2S/c1-14(2)18(16,17)15-9(7-10(11)13-15)8-3-5-12-6-4-8/h3-7H,1-2H3,(H2,11,13). The van der Waals surface area contributed by atoms with Crippen LogP contribution in [0, 0.1) is 0 Å². The van der Waals surface area contributed by atoms with Crippen LogP contribution in [0.25, 0.3) is 11.3 Å². The molecule has 0 saturated carbocycles. The molecule has 0 bridgehead atoms. The van der Waals surface area contributed by atoms with Gasteiger partial charge in [-0.2, -0.15) is 12.7 Å². The van der Waals surface area contributed by atoms with Crippen molar-refractivity contribution in [3.05, 3.63) is 30.6 Å². The van der Waals surface area contributed by atoms with Crippen molar-refractivity contribution in [2.45, 2.75) is 0 Å². The number of rotatable bonds is 3. The van der Waals surface area contributed by atoms with Gasteiger partial charge in [0.05, 0.1) is 5.69 Å². The van der Waals surface area contributed by atoms with Crippen LogP contribution in [-0.4, -0.2) is 41.0 Å². The third kappa shape index (κ3) is 2.07. The zero-order valence-electron chi connectivity index (χ0n) is 9.98. The summed E-state index contributed by atoms with van der Waals surface area (Å²) in [4.78, 5) is 3.88. The van der Waals surface area contributed by atoms with E-state index in [-0.39, 0.29) is 5.82 Å². The summed E-state index contributed by atoms with van der Waals surface area (Å²) in [6.07, 6.45) is 3.15. The predicted octanol–water partition coefficient (Wildman–Crippen LogP) is 0.182. The van der Waals surface area contributed by atoms with E-state index in [1.54, 1.807) is 24.5 Å². The van der Waals surface area contributed by atoms with Crippen LogP contribution in [0.3, 0.4) is 0 Å². The van der Waals surface area contributed by atoms with Crippen LogP contribution in [0.1, 0.15) is 0 Å². The largest absolute Gasteiger partial charge is 0.382 e. The number of nitrogens with zero attached hydrogens (tertiary/aromatic N) is 4. The summed E-state index contributed by atoms with van der Waals surface area (Å²) in [7, 11) is -0.828. The van der Waals surface area contributed by atoms with Gasteiger partial charge >= 0.3 is 10.2 Å². The van der Waals surface area contributed by atoms with Gasteiger partial charge in [0.25, 0.3) is 0 Å². The number of nitrogen functional groups attached to an aromatic ring is 1. The average molecular weight is 267 g/mol. The molecule has 0 spiro atoms. The first kappa shape index (κ1) is 12.5. The molecule has 0 amide bonds. The minimum atomic E-state index is -3.70. The molecule has 0 aromatic carbocycles. The molecular formula is C10H13N5O2S. The summed E-state index contributed by atoms with van der Waals surface area (Å²) in [6, 6.07) is 4.90. The molecule has 7 nitrogen and oxygen atoms in total.